The number of urea groups is 1. The summed E-state index contributed by atoms with van der Waals surface area (Å²) in [7, 11) is 7.29. The monoisotopic (exact) mass is 238 g/mol. The summed E-state index contributed by atoms with van der Waals surface area (Å²) in [5.74, 6) is 0.327. The van der Waals surface area contributed by atoms with Gasteiger partial charge >= 0.3 is 6.03 Å². The van der Waals surface area contributed by atoms with Crippen LogP contribution in [0.2, 0.25) is 0 Å². The molecule has 94 valence electrons. The first-order chi connectivity index (χ1) is 8.02. The van der Waals surface area contributed by atoms with Crippen molar-refractivity contribution in [3.63, 3.8) is 0 Å². The van der Waals surface area contributed by atoms with E-state index in [9.17, 15) is 4.79 Å². The van der Waals surface area contributed by atoms with Crippen molar-refractivity contribution in [3.8, 4) is 0 Å². The highest BCUT2D eigenvalue weighted by atomic mass is 16.2. The summed E-state index contributed by atoms with van der Waals surface area (Å²) in [6.45, 7) is 1.26. The minimum absolute atomic E-state index is 0.153. The maximum absolute atomic E-state index is 12.0. The molecule has 1 aromatic rings. The number of rotatable bonds is 4. The lowest BCUT2D eigenvalue weighted by Crippen LogP contribution is -2.43. The van der Waals surface area contributed by atoms with Gasteiger partial charge < -0.3 is 9.80 Å². The molecule has 17 heavy (non-hydrogen) atoms. The van der Waals surface area contributed by atoms with Gasteiger partial charge in [0, 0.05) is 27.2 Å². The molecule has 0 saturated heterocycles. The predicted octanol–water partition coefficient (Wildman–Crippen LogP) is -0.0788. The molecule has 0 bridgehead atoms. The van der Waals surface area contributed by atoms with E-state index in [2.05, 4.69) is 15.2 Å². The van der Waals surface area contributed by atoms with Gasteiger partial charge in [-0.1, -0.05) is 0 Å². The zero-order chi connectivity index (χ0) is 12.8. The Morgan fingerprint density at radius 1 is 1.18 bits per heavy atom. The average molecular weight is 238 g/mol. The standard InChI is InChI=1S/C10H18N6O/c1-14(2)7-8-16(10(17)15(3)4)9-11-5-6-12-13-9/h5-6H,7-8H2,1-4H3. The van der Waals surface area contributed by atoms with Gasteiger partial charge in [-0.25, -0.2) is 9.78 Å². The second-order valence-corrected chi connectivity index (χ2v) is 4.07. The first kappa shape index (κ1) is 13.3. The average Bonchev–Trinajstić information content (AvgIpc) is 2.30. The van der Waals surface area contributed by atoms with Gasteiger partial charge in [-0.2, -0.15) is 5.10 Å². The van der Waals surface area contributed by atoms with E-state index in [-0.39, 0.29) is 6.03 Å². The van der Waals surface area contributed by atoms with Crippen LogP contribution < -0.4 is 4.90 Å². The molecule has 0 aliphatic rings. The van der Waals surface area contributed by atoms with Crippen LogP contribution in [0.3, 0.4) is 0 Å². The number of carbonyl (C=O) groups is 1. The first-order valence-electron chi connectivity index (χ1n) is 5.29. The predicted molar refractivity (Wildman–Crippen MR) is 64.8 cm³/mol. The number of amides is 2. The Kier molecular flexibility index (Phi) is 4.77. The smallest absolute Gasteiger partial charge is 0.326 e. The normalized spacial score (nSPS) is 10.4. The summed E-state index contributed by atoms with van der Waals surface area (Å²) >= 11 is 0. The summed E-state index contributed by atoms with van der Waals surface area (Å²) in [5, 5.41) is 7.60. The summed E-state index contributed by atoms with van der Waals surface area (Å²) in [6, 6.07) is -0.153. The SMILES string of the molecule is CN(C)CCN(C(=O)N(C)C)c1nccnn1. The third-order valence-electron chi connectivity index (χ3n) is 2.10. The summed E-state index contributed by atoms with van der Waals surface area (Å²) < 4.78 is 0. The van der Waals surface area contributed by atoms with Gasteiger partial charge in [-0.05, 0) is 14.1 Å². The highest BCUT2D eigenvalue weighted by Gasteiger charge is 2.19. The van der Waals surface area contributed by atoms with E-state index in [0.717, 1.165) is 6.54 Å². The van der Waals surface area contributed by atoms with Crippen molar-refractivity contribution in [2.45, 2.75) is 0 Å². The van der Waals surface area contributed by atoms with Crippen LogP contribution in [0, 0.1) is 0 Å². The first-order valence-corrected chi connectivity index (χ1v) is 5.29. The van der Waals surface area contributed by atoms with Crippen LogP contribution in [0.4, 0.5) is 10.7 Å². The van der Waals surface area contributed by atoms with Crippen LogP contribution in [0.15, 0.2) is 12.4 Å². The molecule has 0 aliphatic heterocycles. The number of hydrogen-bond acceptors (Lipinski definition) is 5. The fraction of sp³-hybridized carbons (Fsp3) is 0.600. The summed E-state index contributed by atoms with van der Waals surface area (Å²) in [5.41, 5.74) is 0. The van der Waals surface area contributed by atoms with E-state index in [1.165, 1.54) is 22.2 Å². The van der Waals surface area contributed by atoms with Crippen molar-refractivity contribution in [1.29, 1.82) is 0 Å². The molecule has 0 radical (unpaired) electrons. The Labute approximate surface area is 101 Å². The van der Waals surface area contributed by atoms with E-state index in [1.807, 2.05) is 19.0 Å². The quantitative estimate of drug-likeness (QED) is 0.734. The fourth-order valence-corrected chi connectivity index (χ4v) is 1.19. The topological polar surface area (TPSA) is 65.5 Å². The Balaban J connectivity index is 2.83. The van der Waals surface area contributed by atoms with Gasteiger partial charge in [0.2, 0.25) is 0 Å². The van der Waals surface area contributed by atoms with Gasteiger partial charge in [0.1, 0.15) is 0 Å². The molecule has 0 aromatic carbocycles. The van der Waals surface area contributed by atoms with E-state index in [4.69, 9.17) is 0 Å². The van der Waals surface area contributed by atoms with Crippen molar-refractivity contribution in [2.75, 3.05) is 46.2 Å². The van der Waals surface area contributed by atoms with Gasteiger partial charge in [-0.15, -0.1) is 5.10 Å². The maximum Gasteiger partial charge on any atom is 0.326 e. The molecular weight excluding hydrogens is 220 g/mol. The van der Waals surface area contributed by atoms with Crippen molar-refractivity contribution in [1.82, 2.24) is 25.0 Å². The number of aromatic nitrogens is 3. The molecule has 0 atom stereocenters. The van der Waals surface area contributed by atoms with Crippen LogP contribution in [0.1, 0.15) is 0 Å². The fourth-order valence-electron chi connectivity index (χ4n) is 1.19. The van der Waals surface area contributed by atoms with E-state index in [1.54, 1.807) is 14.1 Å². The van der Waals surface area contributed by atoms with Crippen molar-refractivity contribution >= 4 is 12.0 Å². The molecule has 7 heteroatoms. The van der Waals surface area contributed by atoms with Crippen LogP contribution in [-0.2, 0) is 0 Å². The second kappa shape index (κ2) is 6.09. The number of carbonyl (C=O) groups excluding carboxylic acids is 1. The van der Waals surface area contributed by atoms with Crippen LogP contribution in [0.5, 0.6) is 0 Å². The largest absolute Gasteiger partial charge is 0.330 e. The molecule has 1 heterocycles. The minimum Gasteiger partial charge on any atom is -0.330 e. The minimum atomic E-state index is -0.153. The highest BCUT2D eigenvalue weighted by molar-refractivity contribution is 5.89. The van der Waals surface area contributed by atoms with Gasteiger partial charge in [0.05, 0.1) is 12.4 Å². The molecule has 1 aromatic heterocycles. The third-order valence-corrected chi connectivity index (χ3v) is 2.10. The molecule has 1 rings (SSSR count). The lowest BCUT2D eigenvalue weighted by atomic mass is 10.5. The summed E-state index contributed by atoms with van der Waals surface area (Å²) in [4.78, 5) is 21.0. The third kappa shape index (κ3) is 3.95. The van der Waals surface area contributed by atoms with Gasteiger partial charge in [-0.3, -0.25) is 4.90 Å². The second-order valence-electron chi connectivity index (χ2n) is 4.07. The Morgan fingerprint density at radius 3 is 2.35 bits per heavy atom. The Hall–Kier alpha value is -1.76. The lowest BCUT2D eigenvalue weighted by molar-refractivity contribution is 0.222. The van der Waals surface area contributed by atoms with Crippen molar-refractivity contribution in [2.24, 2.45) is 0 Å². The number of nitrogens with zero attached hydrogens (tertiary/aromatic N) is 6. The Morgan fingerprint density at radius 2 is 1.88 bits per heavy atom. The highest BCUT2D eigenvalue weighted by Crippen LogP contribution is 2.06. The molecule has 0 spiro atoms. The molecule has 7 nitrogen and oxygen atoms in total. The number of likely N-dealkylation sites (N-methyl/N-ethyl adjacent to an activating group) is 1. The zero-order valence-electron chi connectivity index (χ0n) is 10.7. The summed E-state index contributed by atoms with van der Waals surface area (Å²) in [6.07, 6.45) is 3.00. The molecule has 0 fully saturated rings. The van der Waals surface area contributed by atoms with E-state index >= 15 is 0 Å². The molecule has 0 saturated carbocycles. The lowest BCUT2D eigenvalue weighted by Gasteiger charge is -2.24. The van der Waals surface area contributed by atoms with Crippen molar-refractivity contribution < 1.29 is 4.79 Å². The molecule has 2 amide bonds. The molecule has 0 aliphatic carbocycles. The van der Waals surface area contributed by atoms with Crippen LogP contribution in [0.25, 0.3) is 0 Å². The van der Waals surface area contributed by atoms with E-state index in [0.29, 0.717) is 12.5 Å². The Bertz CT molecular complexity index is 353. The van der Waals surface area contributed by atoms with Crippen molar-refractivity contribution in [3.05, 3.63) is 12.4 Å². The number of anilines is 1. The molecule has 0 unspecified atom stereocenters. The van der Waals surface area contributed by atoms with Gasteiger partial charge in [0.25, 0.3) is 5.95 Å². The van der Waals surface area contributed by atoms with Gasteiger partial charge in [0.15, 0.2) is 0 Å². The molecular formula is C10H18N6O. The number of hydrogen-bond donors (Lipinski definition) is 0. The van der Waals surface area contributed by atoms with Crippen LogP contribution in [-0.4, -0.2) is 72.3 Å². The van der Waals surface area contributed by atoms with E-state index < -0.39 is 0 Å². The maximum atomic E-state index is 12.0. The molecule has 0 N–H and O–H groups in total. The van der Waals surface area contributed by atoms with Crippen LogP contribution >= 0.6 is 0 Å². The zero-order valence-corrected chi connectivity index (χ0v) is 10.7.